The van der Waals surface area contributed by atoms with Crippen LogP contribution in [0.15, 0.2) is 48.7 Å². The number of para-hydroxylation sites is 1. The Hall–Kier alpha value is -2.55. The summed E-state index contributed by atoms with van der Waals surface area (Å²) >= 11 is 0. The number of aryl methyl sites for hydroxylation is 2. The van der Waals surface area contributed by atoms with E-state index in [-0.39, 0.29) is 5.78 Å². The summed E-state index contributed by atoms with van der Waals surface area (Å²) < 4.78 is 1.98. The zero-order chi connectivity index (χ0) is 14.3. The second-order valence-corrected chi connectivity index (χ2v) is 5.07. The molecule has 3 nitrogen and oxygen atoms in total. The van der Waals surface area contributed by atoms with Crippen molar-refractivity contribution in [3.05, 3.63) is 65.4 Å². The molecule has 0 aliphatic rings. The summed E-state index contributed by atoms with van der Waals surface area (Å²) in [5.74, 6) is 0.0323. The third kappa shape index (κ3) is 1.88. The fourth-order valence-corrected chi connectivity index (χ4v) is 2.50. The van der Waals surface area contributed by atoms with Crippen molar-refractivity contribution in [1.29, 1.82) is 0 Å². The van der Waals surface area contributed by atoms with Crippen LogP contribution in [0.5, 0.6) is 0 Å². The van der Waals surface area contributed by atoms with E-state index < -0.39 is 0 Å². The highest BCUT2D eigenvalue weighted by molar-refractivity contribution is 6.16. The van der Waals surface area contributed by atoms with Crippen LogP contribution in [0.25, 0.3) is 10.9 Å². The Morgan fingerprint density at radius 1 is 1.15 bits per heavy atom. The Kier molecular flexibility index (Phi) is 2.83. The Balaban J connectivity index is 2.15. The van der Waals surface area contributed by atoms with E-state index in [1.165, 1.54) is 0 Å². The molecule has 0 radical (unpaired) electrons. The standard InChI is InChI=1S/C17H16N2O/c1-11-9-12(7-8-15(11)18)17(20)14-10-19(2)16-6-4-3-5-13(14)16/h3-10H,18H2,1-2H3. The van der Waals surface area contributed by atoms with Gasteiger partial charge in [-0.1, -0.05) is 18.2 Å². The number of nitrogen functional groups attached to an aromatic ring is 1. The number of nitrogens with zero attached hydrogens (tertiary/aromatic N) is 1. The maximum atomic E-state index is 12.7. The van der Waals surface area contributed by atoms with Crippen LogP contribution in [0, 0.1) is 6.92 Å². The maximum Gasteiger partial charge on any atom is 0.195 e. The normalized spacial score (nSPS) is 10.9. The maximum absolute atomic E-state index is 12.7. The Morgan fingerprint density at radius 3 is 2.65 bits per heavy atom. The fraction of sp³-hybridized carbons (Fsp3) is 0.118. The van der Waals surface area contributed by atoms with Crippen LogP contribution in [-0.4, -0.2) is 10.4 Å². The van der Waals surface area contributed by atoms with Crippen LogP contribution in [0.1, 0.15) is 21.5 Å². The zero-order valence-corrected chi connectivity index (χ0v) is 11.6. The highest BCUT2D eigenvalue weighted by Gasteiger charge is 2.15. The monoisotopic (exact) mass is 264 g/mol. The van der Waals surface area contributed by atoms with Gasteiger partial charge in [-0.3, -0.25) is 4.79 Å². The van der Waals surface area contributed by atoms with Gasteiger partial charge in [0.2, 0.25) is 0 Å². The number of hydrogen-bond acceptors (Lipinski definition) is 2. The summed E-state index contributed by atoms with van der Waals surface area (Å²) in [6, 6.07) is 13.3. The summed E-state index contributed by atoms with van der Waals surface area (Å²) in [6.07, 6.45) is 1.89. The number of hydrogen-bond donors (Lipinski definition) is 1. The first-order chi connectivity index (χ1) is 9.58. The third-order valence-corrected chi connectivity index (χ3v) is 3.67. The van der Waals surface area contributed by atoms with E-state index in [9.17, 15) is 4.79 Å². The molecule has 0 atom stereocenters. The van der Waals surface area contributed by atoms with Crippen molar-refractivity contribution in [2.45, 2.75) is 6.92 Å². The predicted molar refractivity (Wildman–Crippen MR) is 81.9 cm³/mol. The van der Waals surface area contributed by atoms with Crippen molar-refractivity contribution in [2.75, 3.05) is 5.73 Å². The molecule has 1 aromatic heterocycles. The van der Waals surface area contributed by atoms with Gasteiger partial charge in [-0.25, -0.2) is 0 Å². The number of carbonyl (C=O) groups is 1. The molecule has 100 valence electrons. The molecule has 0 saturated heterocycles. The number of fused-ring (bicyclic) bond motifs is 1. The summed E-state index contributed by atoms with van der Waals surface area (Å²) in [6.45, 7) is 1.91. The van der Waals surface area contributed by atoms with Crippen molar-refractivity contribution in [1.82, 2.24) is 4.57 Å². The minimum absolute atomic E-state index is 0.0323. The first-order valence-electron chi connectivity index (χ1n) is 6.53. The molecule has 3 rings (SSSR count). The largest absolute Gasteiger partial charge is 0.399 e. The van der Waals surface area contributed by atoms with Gasteiger partial charge in [-0.05, 0) is 36.8 Å². The number of ketones is 1. The highest BCUT2D eigenvalue weighted by Crippen LogP contribution is 2.24. The van der Waals surface area contributed by atoms with Crippen molar-refractivity contribution in [2.24, 2.45) is 7.05 Å². The Labute approximate surface area is 117 Å². The van der Waals surface area contributed by atoms with Crippen molar-refractivity contribution < 1.29 is 4.79 Å². The lowest BCUT2D eigenvalue weighted by atomic mass is 10.0. The Morgan fingerprint density at radius 2 is 1.90 bits per heavy atom. The quantitative estimate of drug-likeness (QED) is 0.570. The van der Waals surface area contributed by atoms with E-state index in [2.05, 4.69) is 0 Å². The molecular weight excluding hydrogens is 248 g/mol. The smallest absolute Gasteiger partial charge is 0.195 e. The summed E-state index contributed by atoms with van der Waals surface area (Å²) in [5, 5.41) is 0.981. The molecule has 0 spiro atoms. The minimum atomic E-state index is 0.0323. The average Bonchev–Trinajstić information content (AvgIpc) is 2.79. The van der Waals surface area contributed by atoms with Crippen LogP contribution >= 0.6 is 0 Å². The second kappa shape index (κ2) is 4.53. The molecule has 2 aromatic carbocycles. The summed E-state index contributed by atoms with van der Waals surface area (Å²) in [4.78, 5) is 12.7. The van der Waals surface area contributed by atoms with Crippen molar-refractivity contribution in [3.8, 4) is 0 Å². The fourth-order valence-electron chi connectivity index (χ4n) is 2.50. The van der Waals surface area contributed by atoms with Crippen molar-refractivity contribution in [3.63, 3.8) is 0 Å². The number of carbonyl (C=O) groups excluding carboxylic acids is 1. The number of anilines is 1. The highest BCUT2D eigenvalue weighted by atomic mass is 16.1. The lowest BCUT2D eigenvalue weighted by Gasteiger charge is -2.04. The van der Waals surface area contributed by atoms with Crippen LogP contribution in [0.3, 0.4) is 0 Å². The molecule has 0 bridgehead atoms. The first-order valence-corrected chi connectivity index (χ1v) is 6.53. The molecule has 0 unspecified atom stereocenters. The van der Waals surface area contributed by atoms with Gasteiger partial charge in [-0.2, -0.15) is 0 Å². The molecule has 0 saturated carbocycles. The van der Waals surface area contributed by atoms with E-state index >= 15 is 0 Å². The van der Waals surface area contributed by atoms with Gasteiger partial charge in [0, 0.05) is 41.0 Å². The molecule has 1 heterocycles. The molecule has 3 heteroatoms. The molecule has 0 aliphatic carbocycles. The molecule has 3 aromatic rings. The van der Waals surface area contributed by atoms with E-state index in [1.807, 2.05) is 55.1 Å². The lowest BCUT2D eigenvalue weighted by molar-refractivity contribution is 0.104. The predicted octanol–water partition coefficient (Wildman–Crippen LogP) is 3.30. The van der Waals surface area contributed by atoms with E-state index in [1.54, 1.807) is 12.1 Å². The van der Waals surface area contributed by atoms with Gasteiger partial charge in [0.15, 0.2) is 5.78 Å². The van der Waals surface area contributed by atoms with E-state index in [0.717, 1.165) is 22.0 Å². The number of aromatic nitrogens is 1. The van der Waals surface area contributed by atoms with Gasteiger partial charge >= 0.3 is 0 Å². The first kappa shape index (κ1) is 12.5. The lowest BCUT2D eigenvalue weighted by Crippen LogP contribution is -2.02. The van der Waals surface area contributed by atoms with Crippen LogP contribution < -0.4 is 5.73 Å². The molecule has 20 heavy (non-hydrogen) atoms. The molecule has 0 fully saturated rings. The van der Waals surface area contributed by atoms with Crippen molar-refractivity contribution >= 4 is 22.4 Å². The third-order valence-electron chi connectivity index (χ3n) is 3.67. The topological polar surface area (TPSA) is 48.0 Å². The number of benzene rings is 2. The van der Waals surface area contributed by atoms with Gasteiger partial charge < -0.3 is 10.3 Å². The van der Waals surface area contributed by atoms with Gasteiger partial charge in [0.1, 0.15) is 0 Å². The van der Waals surface area contributed by atoms with Crippen LogP contribution in [-0.2, 0) is 7.05 Å². The van der Waals surface area contributed by atoms with E-state index in [4.69, 9.17) is 5.73 Å². The molecule has 0 aliphatic heterocycles. The minimum Gasteiger partial charge on any atom is -0.399 e. The Bertz CT molecular complexity index is 815. The van der Waals surface area contributed by atoms with Gasteiger partial charge in [0.25, 0.3) is 0 Å². The summed E-state index contributed by atoms with van der Waals surface area (Å²) in [5.41, 5.74) is 9.90. The van der Waals surface area contributed by atoms with Crippen LogP contribution in [0.4, 0.5) is 5.69 Å². The number of rotatable bonds is 2. The molecular formula is C17H16N2O. The van der Waals surface area contributed by atoms with E-state index in [0.29, 0.717) is 11.3 Å². The van der Waals surface area contributed by atoms with Gasteiger partial charge in [-0.15, -0.1) is 0 Å². The molecule has 2 N–H and O–H groups in total. The SMILES string of the molecule is Cc1cc(C(=O)c2cn(C)c3ccccc23)ccc1N. The van der Waals surface area contributed by atoms with Gasteiger partial charge in [0.05, 0.1) is 0 Å². The average molecular weight is 264 g/mol. The van der Waals surface area contributed by atoms with Crippen LogP contribution in [0.2, 0.25) is 0 Å². The number of nitrogens with two attached hydrogens (primary N) is 1. The second-order valence-electron chi connectivity index (χ2n) is 5.07. The zero-order valence-electron chi connectivity index (χ0n) is 11.6. The molecule has 0 amide bonds. The summed E-state index contributed by atoms with van der Waals surface area (Å²) in [7, 11) is 1.95.